The molecule has 3 amide bonds. The van der Waals surface area contributed by atoms with Crippen molar-refractivity contribution in [2.45, 2.75) is 43.6 Å². The molecule has 1 rings (SSSR count). The highest BCUT2D eigenvalue weighted by Crippen LogP contribution is 2.23. The van der Waals surface area contributed by atoms with E-state index in [9.17, 15) is 29.4 Å². The van der Waals surface area contributed by atoms with Crippen LogP contribution in [0.15, 0.2) is 30.3 Å². The molecule has 0 aliphatic rings. The molecule has 32 heavy (non-hydrogen) atoms. The van der Waals surface area contributed by atoms with Crippen molar-refractivity contribution in [1.29, 1.82) is 0 Å². The Labute approximate surface area is 193 Å². The fraction of sp³-hybridized carbons (Fsp3) is 0.474. The maximum absolute atomic E-state index is 12.3. The van der Waals surface area contributed by atoms with Gasteiger partial charge in [0.05, 0.1) is 12.1 Å². The maximum Gasteiger partial charge on any atom is 0.327 e. The van der Waals surface area contributed by atoms with Gasteiger partial charge in [0.1, 0.15) is 18.1 Å². The molecule has 11 nitrogen and oxygen atoms in total. The Morgan fingerprint density at radius 3 is 2.00 bits per heavy atom. The Bertz CT molecular complexity index is 783. The Balaban J connectivity index is 2.51. The highest BCUT2D eigenvalue weighted by molar-refractivity contribution is 8.76. The van der Waals surface area contributed by atoms with Crippen LogP contribution in [0.2, 0.25) is 0 Å². The van der Waals surface area contributed by atoms with E-state index in [0.29, 0.717) is 0 Å². The number of hydrogen-bond acceptors (Lipinski definition) is 9. The van der Waals surface area contributed by atoms with Crippen LogP contribution in [0.25, 0.3) is 0 Å². The summed E-state index contributed by atoms with van der Waals surface area (Å²) in [5.74, 6) is -3.36. The number of rotatable bonds is 14. The molecule has 10 N–H and O–H groups in total. The standard InChI is InChI=1S/C19H29N5O6S2/c1-10(25)15(21)18(28)24-14(19(29)30)9-32-31-8-13(16(22)26)23-17(27)12(20)7-11-5-3-2-4-6-11/h2-6,10,12-15,25H,7-9,20-21H2,1H3,(H2,22,26)(H,23,27)(H,24,28)(H,29,30)/t10-,12-,13+,14+,15+/m1/s1. The largest absolute Gasteiger partial charge is 0.480 e. The zero-order chi connectivity index (χ0) is 24.3. The van der Waals surface area contributed by atoms with Gasteiger partial charge in [0.15, 0.2) is 0 Å². The number of primary amides is 1. The van der Waals surface area contributed by atoms with Crippen LogP contribution in [0.4, 0.5) is 0 Å². The minimum Gasteiger partial charge on any atom is -0.480 e. The van der Waals surface area contributed by atoms with Crippen LogP contribution >= 0.6 is 21.6 Å². The SMILES string of the molecule is C[C@@H](O)[C@H](N)C(=O)N[C@@H](CSSC[C@H](NC(=O)[C@H](N)Cc1ccccc1)C(N)=O)C(=O)O. The number of aliphatic hydroxyl groups is 1. The first-order valence-corrected chi connectivity index (χ1v) is 12.1. The zero-order valence-corrected chi connectivity index (χ0v) is 19.1. The number of carbonyl (C=O) groups is 4. The number of carboxylic acid groups (broad SMARTS) is 1. The summed E-state index contributed by atoms with van der Waals surface area (Å²) >= 11 is 0. The second-order valence-electron chi connectivity index (χ2n) is 6.99. The molecular formula is C19H29N5O6S2. The van der Waals surface area contributed by atoms with Crippen molar-refractivity contribution in [3.05, 3.63) is 35.9 Å². The topological polar surface area (TPSA) is 211 Å². The highest BCUT2D eigenvalue weighted by atomic mass is 33.1. The van der Waals surface area contributed by atoms with Crippen molar-refractivity contribution in [1.82, 2.24) is 10.6 Å². The van der Waals surface area contributed by atoms with Crippen LogP contribution in [0, 0.1) is 0 Å². The summed E-state index contributed by atoms with van der Waals surface area (Å²) in [4.78, 5) is 47.2. The number of hydrogen-bond donors (Lipinski definition) is 7. The van der Waals surface area contributed by atoms with Crippen molar-refractivity contribution in [3.8, 4) is 0 Å². The van der Waals surface area contributed by atoms with E-state index in [0.717, 1.165) is 27.2 Å². The lowest BCUT2D eigenvalue weighted by atomic mass is 10.1. The Morgan fingerprint density at radius 2 is 1.50 bits per heavy atom. The fourth-order valence-corrected chi connectivity index (χ4v) is 4.66. The highest BCUT2D eigenvalue weighted by Gasteiger charge is 2.26. The van der Waals surface area contributed by atoms with E-state index in [4.69, 9.17) is 17.2 Å². The Morgan fingerprint density at radius 1 is 0.969 bits per heavy atom. The van der Waals surface area contributed by atoms with Gasteiger partial charge in [-0.05, 0) is 18.9 Å². The number of aliphatic carboxylic acids is 1. The lowest BCUT2D eigenvalue weighted by Gasteiger charge is -2.20. The van der Waals surface area contributed by atoms with Crippen LogP contribution < -0.4 is 27.8 Å². The number of carbonyl (C=O) groups excluding carboxylic acids is 3. The monoisotopic (exact) mass is 487 g/mol. The molecule has 0 fully saturated rings. The van der Waals surface area contributed by atoms with E-state index in [1.165, 1.54) is 6.92 Å². The van der Waals surface area contributed by atoms with Gasteiger partial charge in [0.25, 0.3) is 0 Å². The second-order valence-corrected chi connectivity index (χ2v) is 9.55. The van der Waals surface area contributed by atoms with Gasteiger partial charge in [-0.25, -0.2) is 4.79 Å². The summed E-state index contributed by atoms with van der Waals surface area (Å²) < 4.78 is 0. The molecule has 0 aromatic heterocycles. The third-order valence-electron chi connectivity index (χ3n) is 4.28. The van der Waals surface area contributed by atoms with Crippen LogP contribution in [0.1, 0.15) is 12.5 Å². The molecule has 0 aliphatic heterocycles. The summed E-state index contributed by atoms with van der Waals surface area (Å²) in [5, 5.41) is 23.3. The molecule has 178 valence electrons. The first-order chi connectivity index (χ1) is 15.0. The number of benzene rings is 1. The van der Waals surface area contributed by atoms with E-state index < -0.39 is 54.0 Å². The summed E-state index contributed by atoms with van der Waals surface area (Å²) in [6.07, 6.45) is -0.853. The molecule has 0 bridgehead atoms. The average Bonchev–Trinajstić information content (AvgIpc) is 2.74. The zero-order valence-electron chi connectivity index (χ0n) is 17.5. The molecule has 5 atom stereocenters. The third-order valence-corrected chi connectivity index (χ3v) is 6.71. The molecule has 0 aliphatic carbocycles. The molecule has 1 aromatic carbocycles. The smallest absolute Gasteiger partial charge is 0.327 e. The summed E-state index contributed by atoms with van der Waals surface area (Å²) in [6, 6.07) is 4.75. The van der Waals surface area contributed by atoms with Crippen molar-refractivity contribution in [2.24, 2.45) is 17.2 Å². The fourth-order valence-electron chi connectivity index (χ4n) is 2.33. The van der Waals surface area contributed by atoms with Crippen molar-refractivity contribution in [2.75, 3.05) is 11.5 Å². The molecule has 0 saturated heterocycles. The molecule has 0 spiro atoms. The number of nitrogens with two attached hydrogens (primary N) is 3. The molecule has 0 saturated carbocycles. The average molecular weight is 488 g/mol. The lowest BCUT2D eigenvalue weighted by Crippen LogP contribution is -2.53. The third kappa shape index (κ3) is 9.87. The van der Waals surface area contributed by atoms with Gasteiger partial charge in [-0.1, -0.05) is 51.9 Å². The van der Waals surface area contributed by atoms with E-state index in [-0.39, 0.29) is 17.9 Å². The maximum atomic E-state index is 12.3. The molecule has 0 heterocycles. The van der Waals surface area contributed by atoms with E-state index >= 15 is 0 Å². The quantitative estimate of drug-likeness (QED) is 0.115. The number of nitrogens with one attached hydrogen (secondary N) is 2. The van der Waals surface area contributed by atoms with Gasteiger partial charge >= 0.3 is 5.97 Å². The van der Waals surface area contributed by atoms with Gasteiger partial charge in [0, 0.05) is 11.5 Å². The van der Waals surface area contributed by atoms with Crippen LogP contribution in [-0.4, -0.2) is 75.7 Å². The molecule has 0 unspecified atom stereocenters. The van der Waals surface area contributed by atoms with Gasteiger partial charge in [-0.2, -0.15) is 0 Å². The minimum atomic E-state index is -1.28. The van der Waals surface area contributed by atoms with Crippen LogP contribution in [-0.2, 0) is 25.6 Å². The predicted molar refractivity (Wildman–Crippen MR) is 123 cm³/mol. The normalized spacial score (nSPS) is 15.6. The first kappa shape index (κ1) is 27.7. The molecular weight excluding hydrogens is 458 g/mol. The van der Waals surface area contributed by atoms with Crippen LogP contribution in [0.3, 0.4) is 0 Å². The number of amides is 3. The number of carboxylic acids is 1. The summed E-state index contributed by atoms with van der Waals surface area (Å²) in [5.41, 5.74) is 17.6. The van der Waals surface area contributed by atoms with E-state index in [1.807, 2.05) is 30.3 Å². The van der Waals surface area contributed by atoms with E-state index in [1.54, 1.807) is 0 Å². The van der Waals surface area contributed by atoms with Crippen LogP contribution in [0.5, 0.6) is 0 Å². The van der Waals surface area contributed by atoms with Gasteiger partial charge in [-0.15, -0.1) is 0 Å². The van der Waals surface area contributed by atoms with Gasteiger partial charge in [-0.3, -0.25) is 14.4 Å². The minimum absolute atomic E-state index is 0.0504. The van der Waals surface area contributed by atoms with Gasteiger partial charge in [0.2, 0.25) is 17.7 Å². The molecule has 1 aromatic rings. The summed E-state index contributed by atoms with van der Waals surface area (Å²) in [6.45, 7) is 1.31. The van der Waals surface area contributed by atoms with Crippen molar-refractivity contribution >= 4 is 45.3 Å². The van der Waals surface area contributed by atoms with Gasteiger partial charge < -0.3 is 38.0 Å². The number of aliphatic hydroxyl groups excluding tert-OH is 1. The summed E-state index contributed by atoms with van der Waals surface area (Å²) in [7, 11) is 2.16. The van der Waals surface area contributed by atoms with Crippen molar-refractivity contribution in [3.63, 3.8) is 0 Å². The molecule has 0 radical (unpaired) electrons. The Kier molecular flexibility index (Phi) is 12.1. The lowest BCUT2D eigenvalue weighted by molar-refractivity contribution is -0.141. The Hall–Kier alpha value is -2.32. The first-order valence-electron chi connectivity index (χ1n) is 9.63. The van der Waals surface area contributed by atoms with E-state index in [2.05, 4.69) is 10.6 Å². The van der Waals surface area contributed by atoms with Crippen molar-refractivity contribution < 1.29 is 29.4 Å². The second kappa shape index (κ2) is 14.0. The molecule has 13 heteroatoms. The predicted octanol–water partition coefficient (Wildman–Crippen LogP) is -1.81.